The third-order valence-electron chi connectivity index (χ3n) is 6.13. The molecule has 7 heteroatoms. The van der Waals surface area contributed by atoms with Gasteiger partial charge in [-0.15, -0.1) is 0 Å². The molecule has 0 saturated heterocycles. The van der Waals surface area contributed by atoms with Gasteiger partial charge in [0.1, 0.15) is 6.61 Å². The topological polar surface area (TPSA) is 105 Å². The van der Waals surface area contributed by atoms with Crippen LogP contribution in [0.1, 0.15) is 44.7 Å². The number of carbonyl (C=O) groups excluding carboxylic acids is 2. The molecule has 2 amide bonds. The van der Waals surface area contributed by atoms with E-state index in [4.69, 9.17) is 9.84 Å². The molecule has 0 saturated carbocycles. The van der Waals surface area contributed by atoms with Gasteiger partial charge in [0, 0.05) is 18.5 Å². The van der Waals surface area contributed by atoms with E-state index in [1.54, 1.807) is 20.8 Å². The summed E-state index contributed by atoms with van der Waals surface area (Å²) in [5.74, 6) is -2.07. The molecule has 2 aromatic carbocycles. The van der Waals surface area contributed by atoms with Gasteiger partial charge >= 0.3 is 12.1 Å². The van der Waals surface area contributed by atoms with Crippen molar-refractivity contribution in [2.24, 2.45) is 11.3 Å². The van der Waals surface area contributed by atoms with E-state index in [0.29, 0.717) is 0 Å². The third-order valence-corrected chi connectivity index (χ3v) is 6.13. The summed E-state index contributed by atoms with van der Waals surface area (Å²) in [5, 5.41) is 14.5. The highest BCUT2D eigenvalue weighted by Gasteiger charge is 2.32. The molecule has 7 nitrogen and oxygen atoms in total. The minimum Gasteiger partial charge on any atom is -0.481 e. The fraction of sp³-hybridized carbons (Fsp3) is 0.400. The van der Waals surface area contributed by atoms with Gasteiger partial charge < -0.3 is 20.5 Å². The highest BCUT2D eigenvalue weighted by atomic mass is 16.5. The molecule has 3 rings (SSSR count). The summed E-state index contributed by atoms with van der Waals surface area (Å²) in [4.78, 5) is 36.0. The van der Waals surface area contributed by atoms with Crippen LogP contribution in [0.15, 0.2) is 48.5 Å². The molecular formula is C25H30N2O5. The van der Waals surface area contributed by atoms with Crippen molar-refractivity contribution >= 4 is 18.0 Å². The number of alkyl carbamates (subject to hydrolysis) is 1. The zero-order chi connectivity index (χ0) is 23.5. The molecule has 3 N–H and O–H groups in total. The Bertz CT molecular complexity index is 971. The largest absolute Gasteiger partial charge is 0.481 e. The van der Waals surface area contributed by atoms with Gasteiger partial charge in [-0.3, -0.25) is 9.59 Å². The zero-order valence-electron chi connectivity index (χ0n) is 18.8. The molecule has 1 aliphatic carbocycles. The summed E-state index contributed by atoms with van der Waals surface area (Å²) in [6, 6.07) is 15.7. The van der Waals surface area contributed by atoms with E-state index in [1.807, 2.05) is 36.4 Å². The second-order valence-electron chi connectivity index (χ2n) is 8.95. The average molecular weight is 439 g/mol. The Kier molecular flexibility index (Phi) is 6.87. The first-order valence-electron chi connectivity index (χ1n) is 10.7. The second-order valence-corrected chi connectivity index (χ2v) is 8.95. The lowest BCUT2D eigenvalue weighted by Gasteiger charge is -2.27. The Labute approximate surface area is 188 Å². The number of nitrogens with one attached hydrogen (secondary N) is 2. The first kappa shape index (κ1) is 23.3. The third kappa shape index (κ3) is 4.93. The Morgan fingerprint density at radius 1 is 1.00 bits per heavy atom. The molecule has 1 aliphatic rings. The van der Waals surface area contributed by atoms with Crippen LogP contribution in [0.2, 0.25) is 0 Å². The van der Waals surface area contributed by atoms with Crippen LogP contribution in [0.3, 0.4) is 0 Å². The van der Waals surface area contributed by atoms with Crippen molar-refractivity contribution in [1.29, 1.82) is 0 Å². The maximum absolute atomic E-state index is 12.6. The summed E-state index contributed by atoms with van der Waals surface area (Å²) >= 11 is 0. The lowest BCUT2D eigenvalue weighted by molar-refractivity contribution is -0.142. The van der Waals surface area contributed by atoms with Gasteiger partial charge in [0.25, 0.3) is 0 Å². The lowest BCUT2D eigenvalue weighted by atomic mass is 9.91. The molecule has 0 spiro atoms. The van der Waals surface area contributed by atoms with Gasteiger partial charge in [0.05, 0.1) is 11.3 Å². The van der Waals surface area contributed by atoms with Gasteiger partial charge in [-0.25, -0.2) is 4.79 Å². The van der Waals surface area contributed by atoms with Crippen molar-refractivity contribution < 1.29 is 24.2 Å². The van der Waals surface area contributed by atoms with Gasteiger partial charge in [-0.2, -0.15) is 0 Å². The highest BCUT2D eigenvalue weighted by molar-refractivity contribution is 5.84. The monoisotopic (exact) mass is 438 g/mol. The summed E-state index contributed by atoms with van der Waals surface area (Å²) in [7, 11) is 0. The number of carboxylic acids is 1. The van der Waals surface area contributed by atoms with E-state index in [2.05, 4.69) is 22.8 Å². The minimum atomic E-state index is -0.979. The van der Waals surface area contributed by atoms with Crippen LogP contribution in [0, 0.1) is 11.3 Å². The van der Waals surface area contributed by atoms with Crippen LogP contribution in [-0.2, 0) is 14.3 Å². The first-order valence-corrected chi connectivity index (χ1v) is 10.7. The Morgan fingerprint density at radius 3 is 2.06 bits per heavy atom. The van der Waals surface area contributed by atoms with E-state index in [1.165, 1.54) is 6.92 Å². The lowest BCUT2D eigenvalue weighted by Crippen LogP contribution is -2.49. The maximum Gasteiger partial charge on any atom is 0.407 e. The van der Waals surface area contributed by atoms with Crippen molar-refractivity contribution in [3.8, 4) is 11.1 Å². The maximum atomic E-state index is 12.6. The van der Waals surface area contributed by atoms with Crippen molar-refractivity contribution in [2.45, 2.75) is 39.7 Å². The Morgan fingerprint density at radius 2 is 1.53 bits per heavy atom. The molecular weight excluding hydrogens is 408 g/mol. The molecule has 0 radical (unpaired) electrons. The van der Waals surface area contributed by atoms with Crippen LogP contribution in [0.5, 0.6) is 0 Å². The number of ether oxygens (including phenoxy) is 1. The molecule has 0 aliphatic heterocycles. The molecule has 32 heavy (non-hydrogen) atoms. The number of carbonyl (C=O) groups is 3. The first-order chi connectivity index (χ1) is 15.1. The number of amides is 2. The highest BCUT2D eigenvalue weighted by Crippen LogP contribution is 2.44. The second kappa shape index (κ2) is 9.42. The molecule has 2 aromatic rings. The quantitative estimate of drug-likeness (QED) is 0.582. The predicted octanol–water partition coefficient (Wildman–Crippen LogP) is 3.78. The van der Waals surface area contributed by atoms with Gasteiger partial charge in [-0.05, 0) is 49.9 Å². The Hall–Kier alpha value is -3.35. The van der Waals surface area contributed by atoms with E-state index >= 15 is 0 Å². The number of benzene rings is 2. The SMILES string of the molecule is CC(NC(=O)C(C)(C)CNC(=O)OCC1c2ccccc2-c2ccccc21)C(C)C(=O)O. The molecule has 170 valence electrons. The number of aliphatic carboxylic acids is 1. The van der Waals surface area contributed by atoms with Crippen LogP contribution in [0.4, 0.5) is 4.79 Å². The number of carboxylic acid groups (broad SMARTS) is 1. The number of fused-ring (bicyclic) bond motifs is 3. The van der Waals surface area contributed by atoms with Gasteiger partial charge in [0.2, 0.25) is 5.91 Å². The molecule has 0 aromatic heterocycles. The fourth-order valence-electron chi connectivity index (χ4n) is 3.76. The van der Waals surface area contributed by atoms with Crippen molar-refractivity contribution in [3.63, 3.8) is 0 Å². The van der Waals surface area contributed by atoms with Crippen LogP contribution >= 0.6 is 0 Å². The van der Waals surface area contributed by atoms with Crippen LogP contribution in [-0.4, -0.2) is 42.3 Å². The standard InChI is InChI=1S/C25H30N2O5/c1-15(22(28)29)16(2)27-23(30)25(3,4)14-26-24(31)32-13-21-19-11-7-5-9-17(19)18-10-6-8-12-20(18)21/h5-12,15-16,21H,13-14H2,1-4H3,(H,26,31)(H,27,30)(H,28,29). The number of hydrogen-bond donors (Lipinski definition) is 3. The number of rotatable bonds is 8. The summed E-state index contributed by atoms with van der Waals surface area (Å²) in [6.07, 6.45) is -0.598. The normalized spacial score (nSPS) is 14.6. The zero-order valence-corrected chi connectivity index (χ0v) is 18.8. The smallest absolute Gasteiger partial charge is 0.407 e. The van der Waals surface area contributed by atoms with Crippen molar-refractivity contribution in [1.82, 2.24) is 10.6 Å². The average Bonchev–Trinajstić information content (AvgIpc) is 3.09. The molecule has 0 fully saturated rings. The van der Waals surface area contributed by atoms with E-state index in [9.17, 15) is 14.4 Å². The van der Waals surface area contributed by atoms with Crippen molar-refractivity contribution in [2.75, 3.05) is 13.2 Å². The van der Waals surface area contributed by atoms with E-state index in [-0.39, 0.29) is 25.0 Å². The number of hydrogen-bond acceptors (Lipinski definition) is 4. The Balaban J connectivity index is 1.55. The fourth-order valence-corrected chi connectivity index (χ4v) is 3.76. The molecule has 0 heterocycles. The van der Waals surface area contributed by atoms with Crippen LogP contribution in [0.25, 0.3) is 11.1 Å². The summed E-state index contributed by atoms with van der Waals surface area (Å²) < 4.78 is 5.51. The molecule has 2 atom stereocenters. The van der Waals surface area contributed by atoms with E-state index < -0.39 is 29.4 Å². The summed E-state index contributed by atoms with van der Waals surface area (Å²) in [5.41, 5.74) is 3.63. The van der Waals surface area contributed by atoms with E-state index in [0.717, 1.165) is 22.3 Å². The molecule has 0 bridgehead atoms. The van der Waals surface area contributed by atoms with Gasteiger partial charge in [0.15, 0.2) is 0 Å². The minimum absolute atomic E-state index is 0.0391. The van der Waals surface area contributed by atoms with Crippen LogP contribution < -0.4 is 10.6 Å². The molecule has 2 unspecified atom stereocenters. The van der Waals surface area contributed by atoms with Gasteiger partial charge in [-0.1, -0.05) is 48.5 Å². The predicted molar refractivity (Wildman–Crippen MR) is 121 cm³/mol. The van der Waals surface area contributed by atoms with Crippen molar-refractivity contribution in [3.05, 3.63) is 59.7 Å². The summed E-state index contributed by atoms with van der Waals surface area (Å²) in [6.45, 7) is 6.80.